The standard InChI is InChI=1S/C14H19ClN2OS/c1-10(19-3)9-17-13-8-11(18-2)4-5-12(13)16-14(17)6-7-15/h4-5,8,10H,6-7,9H2,1-3H3. The van der Waals surface area contributed by atoms with Crippen LogP contribution in [0.5, 0.6) is 5.75 Å². The quantitative estimate of drug-likeness (QED) is 0.763. The number of aromatic nitrogens is 2. The fraction of sp³-hybridized carbons (Fsp3) is 0.500. The van der Waals surface area contributed by atoms with Gasteiger partial charge in [-0.2, -0.15) is 11.8 Å². The van der Waals surface area contributed by atoms with Crippen molar-refractivity contribution in [3.8, 4) is 5.75 Å². The minimum Gasteiger partial charge on any atom is -0.497 e. The number of hydrogen-bond acceptors (Lipinski definition) is 3. The number of imidazole rings is 1. The molecular formula is C14H19ClN2OS. The Labute approximate surface area is 123 Å². The van der Waals surface area contributed by atoms with Crippen LogP contribution in [0.15, 0.2) is 18.2 Å². The topological polar surface area (TPSA) is 27.1 Å². The Hall–Kier alpha value is -0.870. The van der Waals surface area contributed by atoms with Crippen LogP contribution < -0.4 is 4.74 Å². The van der Waals surface area contributed by atoms with Gasteiger partial charge in [0.05, 0.1) is 18.1 Å². The van der Waals surface area contributed by atoms with Crippen molar-refractivity contribution in [2.24, 2.45) is 0 Å². The lowest BCUT2D eigenvalue weighted by atomic mass is 10.3. The van der Waals surface area contributed by atoms with Gasteiger partial charge >= 0.3 is 0 Å². The fourth-order valence-corrected chi connectivity index (χ4v) is 2.56. The molecule has 2 rings (SSSR count). The summed E-state index contributed by atoms with van der Waals surface area (Å²) in [6, 6.07) is 6.00. The summed E-state index contributed by atoms with van der Waals surface area (Å²) in [7, 11) is 1.69. The van der Waals surface area contributed by atoms with Crippen molar-refractivity contribution in [3.63, 3.8) is 0 Å². The van der Waals surface area contributed by atoms with Crippen molar-refractivity contribution in [1.82, 2.24) is 9.55 Å². The number of nitrogens with zero attached hydrogens (tertiary/aromatic N) is 2. The number of ether oxygens (including phenoxy) is 1. The number of thioether (sulfide) groups is 1. The van der Waals surface area contributed by atoms with E-state index in [2.05, 4.69) is 22.7 Å². The Balaban J connectivity index is 2.49. The second-order valence-electron chi connectivity index (χ2n) is 4.48. The lowest BCUT2D eigenvalue weighted by molar-refractivity contribution is 0.415. The van der Waals surface area contributed by atoms with Crippen molar-refractivity contribution < 1.29 is 4.74 Å². The number of rotatable bonds is 6. The largest absolute Gasteiger partial charge is 0.497 e. The molecule has 0 amide bonds. The van der Waals surface area contributed by atoms with Gasteiger partial charge < -0.3 is 9.30 Å². The molecule has 1 heterocycles. The smallest absolute Gasteiger partial charge is 0.121 e. The van der Waals surface area contributed by atoms with Gasteiger partial charge in [-0.3, -0.25) is 0 Å². The van der Waals surface area contributed by atoms with Gasteiger partial charge in [0.2, 0.25) is 0 Å². The summed E-state index contributed by atoms with van der Waals surface area (Å²) < 4.78 is 7.57. The third-order valence-electron chi connectivity index (χ3n) is 3.19. The molecule has 0 aliphatic carbocycles. The molecule has 1 unspecified atom stereocenters. The Morgan fingerprint density at radius 3 is 2.89 bits per heavy atom. The van der Waals surface area contributed by atoms with Crippen LogP contribution in [0.3, 0.4) is 0 Å². The van der Waals surface area contributed by atoms with E-state index in [4.69, 9.17) is 16.3 Å². The van der Waals surface area contributed by atoms with Crippen molar-refractivity contribution in [2.75, 3.05) is 19.2 Å². The van der Waals surface area contributed by atoms with Gasteiger partial charge in [-0.15, -0.1) is 11.6 Å². The molecule has 104 valence electrons. The molecule has 0 bridgehead atoms. The van der Waals surface area contributed by atoms with Crippen molar-refractivity contribution in [3.05, 3.63) is 24.0 Å². The monoisotopic (exact) mass is 298 g/mol. The minimum atomic E-state index is 0.540. The summed E-state index contributed by atoms with van der Waals surface area (Å²) in [4.78, 5) is 4.68. The molecule has 3 nitrogen and oxygen atoms in total. The number of aryl methyl sites for hydroxylation is 1. The van der Waals surface area contributed by atoms with Gasteiger partial charge in [0.15, 0.2) is 0 Å². The Morgan fingerprint density at radius 2 is 2.26 bits per heavy atom. The third kappa shape index (κ3) is 3.18. The highest BCUT2D eigenvalue weighted by Gasteiger charge is 2.13. The van der Waals surface area contributed by atoms with Crippen LogP contribution in [0.1, 0.15) is 12.7 Å². The average Bonchev–Trinajstić information content (AvgIpc) is 2.76. The average molecular weight is 299 g/mol. The van der Waals surface area contributed by atoms with Gasteiger partial charge in [0.1, 0.15) is 11.6 Å². The third-order valence-corrected chi connectivity index (χ3v) is 4.34. The van der Waals surface area contributed by atoms with Crippen LogP contribution in [0.25, 0.3) is 11.0 Å². The zero-order valence-electron chi connectivity index (χ0n) is 11.5. The normalized spacial score (nSPS) is 12.8. The first-order valence-corrected chi connectivity index (χ1v) is 8.13. The highest BCUT2D eigenvalue weighted by molar-refractivity contribution is 7.99. The molecule has 0 spiro atoms. The maximum Gasteiger partial charge on any atom is 0.121 e. The van der Waals surface area contributed by atoms with Crippen LogP contribution in [0, 0.1) is 0 Å². The van der Waals surface area contributed by atoms with E-state index >= 15 is 0 Å². The molecule has 1 aromatic carbocycles. The minimum absolute atomic E-state index is 0.540. The molecule has 0 saturated carbocycles. The highest BCUT2D eigenvalue weighted by atomic mass is 35.5. The summed E-state index contributed by atoms with van der Waals surface area (Å²) in [5, 5.41) is 0.540. The van der Waals surface area contributed by atoms with Gasteiger partial charge in [-0.1, -0.05) is 6.92 Å². The lowest BCUT2D eigenvalue weighted by Gasteiger charge is -2.13. The molecule has 2 aromatic rings. The number of alkyl halides is 1. The highest BCUT2D eigenvalue weighted by Crippen LogP contribution is 2.24. The summed E-state index contributed by atoms with van der Waals surface area (Å²) in [5.74, 6) is 2.51. The maximum atomic E-state index is 5.88. The van der Waals surface area contributed by atoms with E-state index in [1.807, 2.05) is 30.0 Å². The second-order valence-corrected chi connectivity index (χ2v) is 6.13. The van der Waals surface area contributed by atoms with E-state index in [-0.39, 0.29) is 0 Å². The molecule has 0 fully saturated rings. The van der Waals surface area contributed by atoms with E-state index in [0.29, 0.717) is 11.1 Å². The molecule has 1 aromatic heterocycles. The summed E-state index contributed by atoms with van der Waals surface area (Å²) >= 11 is 7.74. The number of benzene rings is 1. The van der Waals surface area contributed by atoms with Gasteiger partial charge in [-0.05, 0) is 18.4 Å². The summed E-state index contributed by atoms with van der Waals surface area (Å²) in [5.41, 5.74) is 2.13. The molecule has 1 atom stereocenters. The van der Waals surface area contributed by atoms with E-state index in [1.54, 1.807) is 7.11 Å². The summed E-state index contributed by atoms with van der Waals surface area (Å²) in [6.07, 6.45) is 2.92. The lowest BCUT2D eigenvalue weighted by Crippen LogP contribution is -2.12. The van der Waals surface area contributed by atoms with Crippen molar-refractivity contribution in [2.45, 2.75) is 25.1 Å². The van der Waals surface area contributed by atoms with Crippen molar-refractivity contribution >= 4 is 34.4 Å². The number of hydrogen-bond donors (Lipinski definition) is 0. The molecule has 0 N–H and O–H groups in total. The summed E-state index contributed by atoms with van der Waals surface area (Å²) in [6.45, 7) is 3.16. The van der Waals surface area contributed by atoms with Crippen LogP contribution >= 0.6 is 23.4 Å². The zero-order valence-corrected chi connectivity index (χ0v) is 13.1. The fourth-order valence-electron chi connectivity index (χ4n) is 2.09. The van der Waals surface area contributed by atoms with Crippen LogP contribution in [0.2, 0.25) is 0 Å². The van der Waals surface area contributed by atoms with Crippen LogP contribution in [0.4, 0.5) is 0 Å². The van der Waals surface area contributed by atoms with E-state index < -0.39 is 0 Å². The molecule has 0 aliphatic rings. The predicted octanol–water partition coefficient (Wildman–Crippen LogP) is 3.58. The van der Waals surface area contributed by atoms with E-state index in [9.17, 15) is 0 Å². The van der Waals surface area contributed by atoms with Gasteiger partial charge in [-0.25, -0.2) is 4.98 Å². The Bertz CT molecular complexity index is 556. The maximum absolute atomic E-state index is 5.88. The molecule has 19 heavy (non-hydrogen) atoms. The molecule has 0 radical (unpaired) electrons. The number of fused-ring (bicyclic) bond motifs is 1. The molecule has 0 aliphatic heterocycles. The predicted molar refractivity (Wildman–Crippen MR) is 83.7 cm³/mol. The Kier molecular flexibility index (Phi) is 4.99. The first kappa shape index (κ1) is 14.5. The number of halogens is 1. The van der Waals surface area contributed by atoms with Gasteiger partial charge in [0, 0.05) is 30.2 Å². The van der Waals surface area contributed by atoms with E-state index in [0.717, 1.165) is 35.6 Å². The first-order valence-electron chi connectivity index (χ1n) is 6.31. The SMILES string of the molecule is COc1ccc2nc(CCCl)n(CC(C)SC)c2c1. The van der Waals surface area contributed by atoms with Crippen LogP contribution in [-0.2, 0) is 13.0 Å². The zero-order chi connectivity index (χ0) is 13.8. The molecule has 5 heteroatoms. The van der Waals surface area contributed by atoms with Gasteiger partial charge in [0.25, 0.3) is 0 Å². The second kappa shape index (κ2) is 6.53. The van der Waals surface area contributed by atoms with E-state index in [1.165, 1.54) is 0 Å². The Morgan fingerprint density at radius 1 is 1.47 bits per heavy atom. The van der Waals surface area contributed by atoms with Crippen molar-refractivity contribution in [1.29, 1.82) is 0 Å². The molecule has 0 saturated heterocycles. The number of methoxy groups -OCH3 is 1. The van der Waals surface area contributed by atoms with Crippen LogP contribution in [-0.4, -0.2) is 34.0 Å². The molecular weight excluding hydrogens is 280 g/mol. The first-order chi connectivity index (χ1) is 9.19.